The van der Waals surface area contributed by atoms with Gasteiger partial charge in [0, 0.05) is 43.7 Å². The molecule has 1 aromatic carbocycles. The van der Waals surface area contributed by atoms with E-state index in [4.69, 9.17) is 0 Å². The molecule has 0 bridgehead atoms. The minimum Gasteiger partial charge on any atom is -0.325 e. The van der Waals surface area contributed by atoms with E-state index in [-0.39, 0.29) is 11.5 Å². The van der Waals surface area contributed by atoms with Crippen molar-refractivity contribution in [3.63, 3.8) is 0 Å². The average molecular weight is 465 g/mol. The first kappa shape index (κ1) is 21.7. The number of carbonyl (C=O) groups is 2. The van der Waals surface area contributed by atoms with Gasteiger partial charge in [0.15, 0.2) is 11.5 Å². The van der Waals surface area contributed by atoms with E-state index in [9.17, 15) is 18.4 Å². The number of halogens is 2. The number of nitrogens with zero attached hydrogens (tertiary/aromatic N) is 5. The van der Waals surface area contributed by atoms with Crippen LogP contribution in [0.1, 0.15) is 25.5 Å². The van der Waals surface area contributed by atoms with Gasteiger partial charge in [-0.1, -0.05) is 12.1 Å². The van der Waals surface area contributed by atoms with Crippen LogP contribution >= 0.6 is 0 Å². The Bertz CT molecular complexity index is 1400. The third-order valence-corrected chi connectivity index (χ3v) is 5.95. The Balaban J connectivity index is 1.28. The van der Waals surface area contributed by atoms with Gasteiger partial charge >= 0.3 is 0 Å². The van der Waals surface area contributed by atoms with Gasteiger partial charge in [-0.3, -0.25) is 23.7 Å². The molecule has 1 aliphatic carbocycles. The topological polar surface area (TPSA) is 106 Å². The maximum absolute atomic E-state index is 13.6. The molecule has 3 heterocycles. The van der Waals surface area contributed by atoms with Crippen LogP contribution in [0, 0.1) is 5.41 Å². The predicted molar refractivity (Wildman–Crippen MR) is 120 cm³/mol. The Labute approximate surface area is 192 Å². The van der Waals surface area contributed by atoms with E-state index >= 15 is 0 Å². The second kappa shape index (κ2) is 7.72. The molecule has 0 spiro atoms. The van der Waals surface area contributed by atoms with Gasteiger partial charge in [0.1, 0.15) is 11.1 Å². The van der Waals surface area contributed by atoms with Crippen LogP contribution in [0.4, 0.5) is 20.3 Å². The summed E-state index contributed by atoms with van der Waals surface area (Å²) in [4.78, 5) is 34.1. The SMILES string of the molecule is Cn1nc(NC(=O)C2(C(=O)Nc3ccc(-c4cnc5cnccn45)cc3)CC2)cc1C(C)(F)F. The molecule has 174 valence electrons. The van der Waals surface area contributed by atoms with Gasteiger partial charge in [-0.05, 0) is 25.0 Å². The van der Waals surface area contributed by atoms with Crippen LogP contribution in [-0.2, 0) is 22.6 Å². The van der Waals surface area contributed by atoms with Gasteiger partial charge in [0.25, 0.3) is 5.92 Å². The number of hydrogen-bond donors (Lipinski definition) is 2. The normalized spacial score (nSPS) is 14.7. The smallest absolute Gasteiger partial charge is 0.286 e. The maximum atomic E-state index is 13.6. The van der Waals surface area contributed by atoms with Gasteiger partial charge in [0.2, 0.25) is 11.8 Å². The molecule has 2 N–H and O–H groups in total. The molecule has 0 atom stereocenters. The van der Waals surface area contributed by atoms with E-state index in [2.05, 4.69) is 25.7 Å². The van der Waals surface area contributed by atoms with E-state index in [1.54, 1.807) is 30.7 Å². The predicted octanol–water partition coefficient (Wildman–Crippen LogP) is 3.60. The third kappa shape index (κ3) is 3.78. The number of aromatic nitrogens is 5. The minimum absolute atomic E-state index is 0.0179. The largest absolute Gasteiger partial charge is 0.325 e. The number of aryl methyl sites for hydroxylation is 1. The van der Waals surface area contributed by atoms with Crippen LogP contribution < -0.4 is 10.6 Å². The lowest BCUT2D eigenvalue weighted by Gasteiger charge is -2.15. The van der Waals surface area contributed by atoms with Crippen LogP contribution in [0.5, 0.6) is 0 Å². The van der Waals surface area contributed by atoms with Gasteiger partial charge in [0.05, 0.1) is 18.1 Å². The fourth-order valence-electron chi connectivity index (χ4n) is 3.89. The number of rotatable bonds is 6. The van der Waals surface area contributed by atoms with Crippen molar-refractivity contribution < 1.29 is 18.4 Å². The molecule has 0 radical (unpaired) electrons. The molecule has 3 aromatic heterocycles. The number of hydrogen-bond acceptors (Lipinski definition) is 5. The van der Waals surface area contributed by atoms with Crippen molar-refractivity contribution in [1.29, 1.82) is 0 Å². The molecule has 4 aromatic rings. The summed E-state index contributed by atoms with van der Waals surface area (Å²) in [7, 11) is 1.37. The highest BCUT2D eigenvalue weighted by Gasteiger charge is 2.56. The third-order valence-electron chi connectivity index (χ3n) is 5.95. The molecule has 1 saturated carbocycles. The van der Waals surface area contributed by atoms with Crippen molar-refractivity contribution in [1.82, 2.24) is 24.1 Å². The molecule has 1 fully saturated rings. The lowest BCUT2D eigenvalue weighted by molar-refractivity contribution is -0.131. The lowest BCUT2D eigenvalue weighted by Crippen LogP contribution is -2.35. The summed E-state index contributed by atoms with van der Waals surface area (Å²) in [5.74, 6) is -4.14. The molecule has 0 saturated heterocycles. The first-order chi connectivity index (χ1) is 16.2. The van der Waals surface area contributed by atoms with Crippen LogP contribution in [0.3, 0.4) is 0 Å². The fraction of sp³-hybridized carbons (Fsp3) is 0.261. The summed E-state index contributed by atoms with van der Waals surface area (Å²) in [6.07, 6.45) is 7.62. The summed E-state index contributed by atoms with van der Waals surface area (Å²) in [6.45, 7) is 0.753. The van der Waals surface area contributed by atoms with Crippen molar-refractivity contribution in [2.75, 3.05) is 10.6 Å². The zero-order valence-electron chi connectivity index (χ0n) is 18.4. The number of benzene rings is 1. The highest BCUT2D eigenvalue weighted by atomic mass is 19.3. The summed E-state index contributed by atoms with van der Waals surface area (Å²) >= 11 is 0. The van der Waals surface area contributed by atoms with Crippen molar-refractivity contribution in [2.24, 2.45) is 12.5 Å². The Morgan fingerprint density at radius 1 is 1.09 bits per heavy atom. The summed E-state index contributed by atoms with van der Waals surface area (Å²) < 4.78 is 30.2. The molecule has 11 heteroatoms. The second-order valence-electron chi connectivity index (χ2n) is 8.44. The van der Waals surface area contributed by atoms with E-state index in [1.165, 1.54) is 7.05 Å². The maximum Gasteiger partial charge on any atom is 0.286 e. The van der Waals surface area contributed by atoms with Crippen LogP contribution in [0.15, 0.2) is 55.1 Å². The van der Waals surface area contributed by atoms with E-state index in [1.807, 2.05) is 22.7 Å². The first-order valence-electron chi connectivity index (χ1n) is 10.6. The molecule has 1 aliphatic rings. The van der Waals surface area contributed by atoms with Crippen molar-refractivity contribution in [3.05, 3.63) is 60.8 Å². The van der Waals surface area contributed by atoms with E-state index in [0.717, 1.165) is 34.6 Å². The van der Waals surface area contributed by atoms with Gasteiger partial charge in [-0.15, -0.1) is 0 Å². The van der Waals surface area contributed by atoms with Crippen LogP contribution in [0.25, 0.3) is 16.9 Å². The lowest BCUT2D eigenvalue weighted by atomic mass is 10.0. The molecule has 0 aliphatic heterocycles. The molecule has 9 nitrogen and oxygen atoms in total. The zero-order valence-corrected chi connectivity index (χ0v) is 18.4. The molecule has 0 unspecified atom stereocenters. The van der Waals surface area contributed by atoms with Crippen molar-refractivity contribution in [3.8, 4) is 11.3 Å². The number of nitrogens with one attached hydrogen (secondary N) is 2. The monoisotopic (exact) mass is 465 g/mol. The quantitative estimate of drug-likeness (QED) is 0.423. The van der Waals surface area contributed by atoms with Crippen LogP contribution in [-0.4, -0.2) is 36.0 Å². The van der Waals surface area contributed by atoms with Gasteiger partial charge in [-0.2, -0.15) is 13.9 Å². The standard InChI is InChI=1S/C23H21F2N7O2/c1-22(24,25)17-11-18(30-31(17)2)29-21(34)23(7-8-23)20(33)28-15-5-3-14(4-6-15)16-12-27-19-13-26-9-10-32(16)19/h3-6,9-13H,7-8H2,1-2H3,(H,28,33)(H,29,30,34). The van der Waals surface area contributed by atoms with Crippen LogP contribution in [0.2, 0.25) is 0 Å². The Morgan fingerprint density at radius 2 is 1.79 bits per heavy atom. The number of amides is 2. The van der Waals surface area contributed by atoms with E-state index in [0.29, 0.717) is 18.5 Å². The Hall–Kier alpha value is -4.15. The second-order valence-corrected chi connectivity index (χ2v) is 8.44. The van der Waals surface area contributed by atoms with Crippen molar-refractivity contribution >= 4 is 29.0 Å². The highest BCUT2D eigenvalue weighted by Crippen LogP contribution is 2.47. The highest BCUT2D eigenvalue weighted by molar-refractivity contribution is 6.16. The summed E-state index contributed by atoms with van der Waals surface area (Å²) in [5, 5.41) is 9.21. The van der Waals surface area contributed by atoms with Gasteiger partial charge in [-0.25, -0.2) is 4.98 Å². The average Bonchev–Trinajstić information content (AvgIpc) is 3.37. The zero-order chi connectivity index (χ0) is 24.1. The fourth-order valence-corrected chi connectivity index (χ4v) is 3.89. The molecule has 34 heavy (non-hydrogen) atoms. The van der Waals surface area contributed by atoms with Crippen molar-refractivity contribution in [2.45, 2.75) is 25.7 Å². The number of anilines is 2. The minimum atomic E-state index is -3.11. The molecule has 2 amide bonds. The molecular weight excluding hydrogens is 444 g/mol. The summed E-state index contributed by atoms with van der Waals surface area (Å²) in [6, 6.07) is 8.30. The first-order valence-corrected chi connectivity index (χ1v) is 10.6. The number of alkyl halides is 2. The number of imidazole rings is 1. The Morgan fingerprint density at radius 3 is 2.44 bits per heavy atom. The number of carbonyl (C=O) groups excluding carboxylic acids is 2. The Kier molecular flexibility index (Phi) is 4.92. The summed E-state index contributed by atoms with van der Waals surface area (Å²) in [5.41, 5.74) is 1.45. The number of fused-ring (bicyclic) bond motifs is 1. The van der Waals surface area contributed by atoms with Gasteiger partial charge < -0.3 is 10.6 Å². The molecule has 5 rings (SSSR count). The van der Waals surface area contributed by atoms with E-state index < -0.39 is 23.2 Å². The molecular formula is C23H21F2N7O2.